The predicted molar refractivity (Wildman–Crippen MR) is 125 cm³/mol. The van der Waals surface area contributed by atoms with Gasteiger partial charge in [-0.25, -0.2) is 14.1 Å². The van der Waals surface area contributed by atoms with Crippen molar-refractivity contribution >= 4 is 17.2 Å². The molecule has 0 saturated carbocycles. The molecule has 1 amide bonds. The van der Waals surface area contributed by atoms with Gasteiger partial charge >= 0.3 is 0 Å². The molecule has 0 atom stereocenters. The Morgan fingerprint density at radius 1 is 1.09 bits per heavy atom. The van der Waals surface area contributed by atoms with E-state index in [1.807, 2.05) is 22.4 Å². The second-order valence-electron chi connectivity index (χ2n) is 8.60. The highest BCUT2D eigenvalue weighted by molar-refractivity contribution is 7.13. The van der Waals surface area contributed by atoms with Crippen LogP contribution in [0.5, 0.6) is 0 Å². The smallest absolute Gasteiger partial charge is 0.293 e. The Bertz CT molecular complexity index is 1060. The SMILES string of the molecule is O=C(c1nc(-c2cccs2)n(-c2ccc(F)cc2)n1)N1CCC(CCN2CCOCC2)CC1. The van der Waals surface area contributed by atoms with Crippen LogP contribution in [0.25, 0.3) is 16.4 Å². The summed E-state index contributed by atoms with van der Waals surface area (Å²) in [7, 11) is 0. The van der Waals surface area contributed by atoms with Crippen LogP contribution in [-0.4, -0.2) is 76.4 Å². The number of hydrogen-bond acceptors (Lipinski definition) is 6. The van der Waals surface area contributed by atoms with E-state index in [0.29, 0.717) is 17.4 Å². The summed E-state index contributed by atoms with van der Waals surface area (Å²) in [6.45, 7) is 6.27. The molecule has 4 heterocycles. The summed E-state index contributed by atoms with van der Waals surface area (Å²) in [5, 5.41) is 6.50. The van der Waals surface area contributed by atoms with Crippen LogP contribution in [0.1, 0.15) is 29.9 Å². The first-order chi connectivity index (χ1) is 16.2. The van der Waals surface area contributed by atoms with E-state index >= 15 is 0 Å². The number of likely N-dealkylation sites (tertiary alicyclic amines) is 1. The van der Waals surface area contributed by atoms with E-state index in [2.05, 4.69) is 15.0 Å². The van der Waals surface area contributed by atoms with E-state index in [0.717, 1.165) is 63.7 Å². The summed E-state index contributed by atoms with van der Waals surface area (Å²) in [6.07, 6.45) is 3.18. The lowest BCUT2D eigenvalue weighted by molar-refractivity contribution is 0.0331. The lowest BCUT2D eigenvalue weighted by Gasteiger charge is -2.33. The van der Waals surface area contributed by atoms with Crippen molar-refractivity contribution in [2.45, 2.75) is 19.3 Å². The Balaban J connectivity index is 1.26. The largest absolute Gasteiger partial charge is 0.379 e. The van der Waals surface area contributed by atoms with Crippen molar-refractivity contribution in [2.24, 2.45) is 5.92 Å². The number of morpholine rings is 1. The minimum absolute atomic E-state index is 0.139. The zero-order valence-electron chi connectivity index (χ0n) is 18.5. The van der Waals surface area contributed by atoms with Crippen LogP contribution in [0, 0.1) is 11.7 Å². The summed E-state index contributed by atoms with van der Waals surface area (Å²) >= 11 is 1.53. The Kier molecular flexibility index (Phi) is 6.80. The van der Waals surface area contributed by atoms with Crippen LogP contribution < -0.4 is 0 Å². The fourth-order valence-corrected chi connectivity index (χ4v) is 5.18. The second kappa shape index (κ2) is 10.1. The second-order valence-corrected chi connectivity index (χ2v) is 9.55. The molecule has 0 aliphatic carbocycles. The van der Waals surface area contributed by atoms with E-state index < -0.39 is 0 Å². The van der Waals surface area contributed by atoms with Crippen molar-refractivity contribution in [2.75, 3.05) is 45.9 Å². The highest BCUT2D eigenvalue weighted by Gasteiger charge is 2.28. The van der Waals surface area contributed by atoms with Gasteiger partial charge in [-0.15, -0.1) is 16.4 Å². The minimum atomic E-state index is -0.315. The van der Waals surface area contributed by atoms with Crippen LogP contribution in [0.15, 0.2) is 41.8 Å². The monoisotopic (exact) mass is 469 g/mol. The Hall–Kier alpha value is -2.62. The number of amides is 1. The van der Waals surface area contributed by atoms with Gasteiger partial charge in [-0.3, -0.25) is 9.69 Å². The molecule has 7 nitrogen and oxygen atoms in total. The summed E-state index contributed by atoms with van der Waals surface area (Å²) in [5.41, 5.74) is 0.674. The van der Waals surface area contributed by atoms with Crippen molar-refractivity contribution < 1.29 is 13.9 Å². The molecule has 0 spiro atoms. The van der Waals surface area contributed by atoms with E-state index in [-0.39, 0.29) is 17.5 Å². The van der Waals surface area contributed by atoms with Crippen molar-refractivity contribution in [1.29, 1.82) is 0 Å². The lowest BCUT2D eigenvalue weighted by Crippen LogP contribution is -2.41. The topological polar surface area (TPSA) is 63.5 Å². The maximum atomic E-state index is 13.4. The first-order valence-electron chi connectivity index (χ1n) is 11.5. The molecule has 3 aromatic rings. The van der Waals surface area contributed by atoms with E-state index in [4.69, 9.17) is 4.74 Å². The molecule has 9 heteroatoms. The van der Waals surface area contributed by atoms with Crippen LogP contribution in [0.3, 0.4) is 0 Å². The van der Waals surface area contributed by atoms with E-state index in [9.17, 15) is 9.18 Å². The van der Waals surface area contributed by atoms with Crippen molar-refractivity contribution in [3.05, 3.63) is 53.4 Å². The summed E-state index contributed by atoms with van der Waals surface area (Å²) in [5.74, 6) is 0.975. The molecule has 2 aliphatic rings. The first kappa shape index (κ1) is 22.2. The van der Waals surface area contributed by atoms with Crippen molar-refractivity contribution in [1.82, 2.24) is 24.6 Å². The van der Waals surface area contributed by atoms with Gasteiger partial charge < -0.3 is 9.64 Å². The lowest BCUT2D eigenvalue weighted by atomic mass is 9.93. The molecule has 2 saturated heterocycles. The average Bonchev–Trinajstić information content (AvgIpc) is 3.54. The third-order valence-electron chi connectivity index (χ3n) is 6.47. The molecular weight excluding hydrogens is 441 g/mol. The zero-order chi connectivity index (χ0) is 22.6. The standard InChI is InChI=1S/C24H28FN5O2S/c25-19-3-5-20(6-4-19)30-23(21-2-1-17-33-21)26-22(27-30)24(31)29-11-8-18(9-12-29)7-10-28-13-15-32-16-14-28/h1-6,17-18H,7-16H2. The number of nitrogens with zero attached hydrogens (tertiary/aromatic N) is 5. The molecule has 2 fully saturated rings. The number of thiophene rings is 1. The van der Waals surface area contributed by atoms with Gasteiger partial charge in [0.05, 0.1) is 23.8 Å². The Labute approximate surface area is 196 Å². The normalized spacial score (nSPS) is 18.0. The van der Waals surface area contributed by atoms with Gasteiger partial charge in [0.15, 0.2) is 5.82 Å². The third kappa shape index (κ3) is 5.15. The van der Waals surface area contributed by atoms with Gasteiger partial charge in [-0.2, -0.15) is 0 Å². The molecule has 0 N–H and O–H groups in total. The van der Waals surface area contributed by atoms with Crippen LogP contribution in [0.4, 0.5) is 4.39 Å². The maximum Gasteiger partial charge on any atom is 0.293 e. The number of halogens is 1. The molecule has 5 rings (SSSR count). The van der Waals surface area contributed by atoms with E-state index in [1.54, 1.807) is 16.8 Å². The Morgan fingerprint density at radius 3 is 2.55 bits per heavy atom. The first-order valence-corrected chi connectivity index (χ1v) is 12.4. The molecule has 0 unspecified atom stereocenters. The number of benzene rings is 1. The minimum Gasteiger partial charge on any atom is -0.379 e. The highest BCUT2D eigenvalue weighted by atomic mass is 32.1. The predicted octanol–water partition coefficient (Wildman–Crippen LogP) is 3.71. The number of carbonyl (C=O) groups excluding carboxylic acids is 1. The number of rotatable bonds is 6. The molecule has 1 aromatic carbocycles. The van der Waals surface area contributed by atoms with Gasteiger partial charge in [0, 0.05) is 26.2 Å². The van der Waals surface area contributed by atoms with Gasteiger partial charge in [0.1, 0.15) is 5.82 Å². The van der Waals surface area contributed by atoms with Gasteiger partial charge in [-0.05, 0) is 67.4 Å². The molecule has 0 bridgehead atoms. The molecular formula is C24H28FN5O2S. The molecule has 2 aromatic heterocycles. The average molecular weight is 470 g/mol. The quantitative estimate of drug-likeness (QED) is 0.551. The fourth-order valence-electron chi connectivity index (χ4n) is 4.49. The van der Waals surface area contributed by atoms with Crippen LogP contribution >= 0.6 is 11.3 Å². The Morgan fingerprint density at radius 2 is 1.85 bits per heavy atom. The molecule has 174 valence electrons. The summed E-state index contributed by atoms with van der Waals surface area (Å²) < 4.78 is 20.5. The van der Waals surface area contributed by atoms with Gasteiger partial charge in [0.25, 0.3) is 5.91 Å². The van der Waals surface area contributed by atoms with Gasteiger partial charge in [0.2, 0.25) is 5.82 Å². The van der Waals surface area contributed by atoms with E-state index in [1.165, 1.54) is 29.9 Å². The molecule has 2 aliphatic heterocycles. The maximum absolute atomic E-state index is 13.4. The van der Waals surface area contributed by atoms with Crippen LogP contribution in [-0.2, 0) is 4.74 Å². The van der Waals surface area contributed by atoms with Gasteiger partial charge in [-0.1, -0.05) is 6.07 Å². The van der Waals surface area contributed by atoms with Crippen molar-refractivity contribution in [3.63, 3.8) is 0 Å². The summed E-state index contributed by atoms with van der Waals surface area (Å²) in [4.78, 5) is 23.1. The summed E-state index contributed by atoms with van der Waals surface area (Å²) in [6, 6.07) is 9.96. The third-order valence-corrected chi connectivity index (χ3v) is 7.34. The van der Waals surface area contributed by atoms with Crippen molar-refractivity contribution in [3.8, 4) is 16.4 Å². The fraction of sp³-hybridized carbons (Fsp3) is 0.458. The number of ether oxygens (including phenoxy) is 1. The zero-order valence-corrected chi connectivity index (χ0v) is 19.3. The van der Waals surface area contributed by atoms with Crippen LogP contribution in [0.2, 0.25) is 0 Å². The number of piperidine rings is 1. The molecule has 33 heavy (non-hydrogen) atoms. The number of hydrogen-bond donors (Lipinski definition) is 0. The number of aromatic nitrogens is 3. The highest BCUT2D eigenvalue weighted by Crippen LogP contribution is 2.27. The molecule has 0 radical (unpaired) electrons. The number of carbonyl (C=O) groups is 1.